The summed E-state index contributed by atoms with van der Waals surface area (Å²) in [5, 5.41) is 8.38. The molecule has 2 N–H and O–H groups in total. The second-order valence-electron chi connectivity index (χ2n) is 4.51. The van der Waals surface area contributed by atoms with E-state index >= 15 is 0 Å². The van der Waals surface area contributed by atoms with Gasteiger partial charge in [0.1, 0.15) is 12.4 Å². The lowest BCUT2D eigenvalue weighted by molar-refractivity contribution is -0.115. The fraction of sp³-hybridized carbons (Fsp3) is 0.0667. The molecule has 0 aliphatic heterocycles. The smallest absolute Gasteiger partial charge is 0.414 e. The van der Waals surface area contributed by atoms with Gasteiger partial charge in [-0.05, 0) is 29.4 Å². The number of anilines is 1. The van der Waals surface area contributed by atoms with Crippen molar-refractivity contribution in [3.63, 3.8) is 0 Å². The van der Waals surface area contributed by atoms with Gasteiger partial charge in [0.2, 0.25) is 11.7 Å². The van der Waals surface area contributed by atoms with Crippen molar-refractivity contribution >= 4 is 17.8 Å². The second-order valence-corrected chi connectivity index (χ2v) is 4.51. The van der Waals surface area contributed by atoms with E-state index in [4.69, 9.17) is 13.7 Å². The van der Waals surface area contributed by atoms with Gasteiger partial charge in [-0.25, -0.2) is 9.78 Å². The highest BCUT2D eigenvalue weighted by atomic mass is 16.6. The molecule has 0 bridgehead atoms. The highest BCUT2D eigenvalue weighted by Crippen LogP contribution is 2.23. The van der Waals surface area contributed by atoms with Crippen molar-refractivity contribution < 1.29 is 23.3 Å². The van der Waals surface area contributed by atoms with Gasteiger partial charge in [0, 0.05) is 6.20 Å². The molecule has 3 aromatic heterocycles. The molecule has 0 saturated carbocycles. The normalized spacial score (nSPS) is 10.2. The monoisotopic (exact) mass is 328 g/mol. The van der Waals surface area contributed by atoms with Crippen LogP contribution in [-0.4, -0.2) is 28.7 Å². The topological polar surface area (TPSA) is 119 Å². The maximum Gasteiger partial charge on any atom is 0.414 e. The molecule has 0 atom stereocenters. The van der Waals surface area contributed by atoms with E-state index in [1.54, 1.807) is 36.5 Å². The standard InChI is InChI=1S/C15H12N4O5/c20-13(18-12-5-1-2-6-16-12)9-17-15(21)23-14-8-11(24-19-14)10-4-3-7-22-10/h1-8H,9H2,(H,17,21)(H,16,18,20). The zero-order valence-electron chi connectivity index (χ0n) is 12.3. The molecule has 3 rings (SSSR count). The van der Waals surface area contributed by atoms with E-state index in [2.05, 4.69) is 20.8 Å². The fourth-order valence-corrected chi connectivity index (χ4v) is 1.75. The molecule has 9 heteroatoms. The molecular formula is C15H12N4O5. The number of hydrogen-bond donors (Lipinski definition) is 2. The van der Waals surface area contributed by atoms with Gasteiger partial charge in [-0.3, -0.25) is 4.79 Å². The molecule has 9 nitrogen and oxygen atoms in total. The van der Waals surface area contributed by atoms with E-state index in [0.717, 1.165) is 0 Å². The van der Waals surface area contributed by atoms with Crippen LogP contribution in [0.3, 0.4) is 0 Å². The molecule has 3 aromatic rings. The minimum Gasteiger partial charge on any atom is -0.461 e. The summed E-state index contributed by atoms with van der Waals surface area (Å²) < 4.78 is 15.0. The number of ether oxygens (including phenoxy) is 1. The van der Waals surface area contributed by atoms with E-state index in [1.807, 2.05) is 0 Å². The Morgan fingerprint density at radius 1 is 1.17 bits per heavy atom. The highest BCUT2D eigenvalue weighted by molar-refractivity contribution is 5.93. The molecule has 0 aromatic carbocycles. The Labute approximate surface area is 135 Å². The molecular weight excluding hydrogens is 316 g/mol. The van der Waals surface area contributed by atoms with Gasteiger partial charge < -0.3 is 24.3 Å². The van der Waals surface area contributed by atoms with Crippen molar-refractivity contribution in [1.82, 2.24) is 15.5 Å². The first-order valence-corrected chi connectivity index (χ1v) is 6.88. The number of amides is 2. The van der Waals surface area contributed by atoms with Crippen LogP contribution >= 0.6 is 0 Å². The summed E-state index contributed by atoms with van der Waals surface area (Å²) in [6, 6.07) is 9.83. The zero-order valence-corrected chi connectivity index (χ0v) is 12.3. The maximum absolute atomic E-state index is 11.7. The van der Waals surface area contributed by atoms with Gasteiger partial charge in [0.25, 0.3) is 5.88 Å². The lowest BCUT2D eigenvalue weighted by Gasteiger charge is -2.05. The third-order valence-electron chi connectivity index (χ3n) is 2.78. The first kappa shape index (κ1) is 15.3. The van der Waals surface area contributed by atoms with E-state index in [1.165, 1.54) is 12.3 Å². The lowest BCUT2D eigenvalue weighted by Crippen LogP contribution is -2.34. The van der Waals surface area contributed by atoms with Crippen molar-refractivity contribution in [1.29, 1.82) is 0 Å². The summed E-state index contributed by atoms with van der Waals surface area (Å²) in [4.78, 5) is 27.2. The summed E-state index contributed by atoms with van der Waals surface area (Å²) in [5.74, 6) is 0.659. The number of carbonyl (C=O) groups excluding carboxylic acids is 2. The van der Waals surface area contributed by atoms with E-state index in [-0.39, 0.29) is 12.4 Å². The van der Waals surface area contributed by atoms with Crippen LogP contribution in [0.1, 0.15) is 0 Å². The molecule has 122 valence electrons. The highest BCUT2D eigenvalue weighted by Gasteiger charge is 2.14. The van der Waals surface area contributed by atoms with E-state index in [0.29, 0.717) is 17.3 Å². The van der Waals surface area contributed by atoms with Crippen LogP contribution in [0.5, 0.6) is 5.88 Å². The average Bonchev–Trinajstić information content (AvgIpc) is 3.25. The van der Waals surface area contributed by atoms with Gasteiger partial charge >= 0.3 is 6.09 Å². The number of nitrogens with zero attached hydrogens (tertiary/aromatic N) is 2. The largest absolute Gasteiger partial charge is 0.461 e. The fourth-order valence-electron chi connectivity index (χ4n) is 1.75. The number of furan rings is 1. The van der Waals surface area contributed by atoms with Gasteiger partial charge in [0.05, 0.1) is 12.3 Å². The number of hydrogen-bond acceptors (Lipinski definition) is 7. The van der Waals surface area contributed by atoms with Gasteiger partial charge in [0.15, 0.2) is 5.76 Å². The van der Waals surface area contributed by atoms with Crippen molar-refractivity contribution in [3.05, 3.63) is 48.9 Å². The quantitative estimate of drug-likeness (QED) is 0.735. The molecule has 2 amide bonds. The van der Waals surface area contributed by atoms with Crippen LogP contribution in [0.2, 0.25) is 0 Å². The Morgan fingerprint density at radius 2 is 2.08 bits per heavy atom. The SMILES string of the molecule is O=C(CNC(=O)Oc1cc(-c2ccco2)on1)Nc1ccccn1. The molecule has 0 saturated heterocycles. The van der Waals surface area contributed by atoms with Crippen molar-refractivity contribution in [2.45, 2.75) is 0 Å². The molecule has 0 radical (unpaired) electrons. The average molecular weight is 328 g/mol. The maximum atomic E-state index is 11.7. The summed E-state index contributed by atoms with van der Waals surface area (Å²) in [6.07, 6.45) is 2.18. The number of rotatable bonds is 5. The van der Waals surface area contributed by atoms with Gasteiger partial charge in [-0.15, -0.1) is 0 Å². The molecule has 0 fully saturated rings. The molecule has 24 heavy (non-hydrogen) atoms. The minimum absolute atomic E-state index is 0.0518. The summed E-state index contributed by atoms with van der Waals surface area (Å²) >= 11 is 0. The molecule has 0 spiro atoms. The lowest BCUT2D eigenvalue weighted by atomic mass is 10.3. The van der Waals surface area contributed by atoms with Gasteiger partial charge in [-0.1, -0.05) is 6.07 Å². The van der Waals surface area contributed by atoms with E-state index < -0.39 is 12.0 Å². The van der Waals surface area contributed by atoms with Crippen molar-refractivity contribution in [2.24, 2.45) is 0 Å². The summed E-state index contributed by atoms with van der Waals surface area (Å²) in [7, 11) is 0. The molecule has 3 heterocycles. The Morgan fingerprint density at radius 3 is 2.83 bits per heavy atom. The predicted octanol–water partition coefficient (Wildman–Crippen LogP) is 2.06. The van der Waals surface area contributed by atoms with Crippen molar-refractivity contribution in [2.75, 3.05) is 11.9 Å². The van der Waals surface area contributed by atoms with Crippen LogP contribution in [-0.2, 0) is 4.79 Å². The Bertz CT molecular complexity index is 814. The zero-order chi connectivity index (χ0) is 16.8. The molecule has 0 unspecified atom stereocenters. The van der Waals surface area contributed by atoms with E-state index in [9.17, 15) is 9.59 Å². The summed E-state index contributed by atoms with van der Waals surface area (Å²) in [6.45, 7) is -0.279. The van der Waals surface area contributed by atoms with Crippen molar-refractivity contribution in [3.8, 4) is 17.4 Å². The number of nitrogens with one attached hydrogen (secondary N) is 2. The van der Waals surface area contributed by atoms with Crippen LogP contribution in [0, 0.1) is 0 Å². The third-order valence-corrected chi connectivity index (χ3v) is 2.78. The Kier molecular flexibility index (Phi) is 4.52. The molecule has 0 aliphatic carbocycles. The molecule has 0 aliphatic rings. The predicted molar refractivity (Wildman–Crippen MR) is 81.1 cm³/mol. The van der Waals surface area contributed by atoms with Crippen LogP contribution in [0.15, 0.2) is 57.8 Å². The van der Waals surface area contributed by atoms with Crippen LogP contribution < -0.4 is 15.4 Å². The number of pyridine rings is 1. The number of aromatic nitrogens is 2. The van der Waals surface area contributed by atoms with Gasteiger partial charge in [-0.2, -0.15) is 0 Å². The minimum atomic E-state index is -0.842. The first-order chi connectivity index (χ1) is 11.7. The Hall–Kier alpha value is -3.62. The van der Waals surface area contributed by atoms with Crippen LogP contribution in [0.25, 0.3) is 11.5 Å². The number of carbonyl (C=O) groups is 2. The van der Waals surface area contributed by atoms with Crippen LogP contribution in [0.4, 0.5) is 10.6 Å². The second kappa shape index (κ2) is 7.09. The summed E-state index contributed by atoms with van der Waals surface area (Å²) in [5.41, 5.74) is 0. The third kappa shape index (κ3) is 3.97. The Balaban J connectivity index is 1.47. The first-order valence-electron chi connectivity index (χ1n) is 6.88.